The molecule has 2 aromatic heterocycles. The largest absolute Gasteiger partial charge is 0.373 e. The molecule has 3 rings (SSSR count). The van der Waals surface area contributed by atoms with Gasteiger partial charge in [0.2, 0.25) is 0 Å². The molecule has 0 saturated carbocycles. The molecule has 2 heterocycles. The molecule has 0 spiro atoms. The number of fused-ring (bicyclic) bond motifs is 1. The third-order valence-corrected chi connectivity index (χ3v) is 3.40. The lowest BCUT2D eigenvalue weighted by Crippen LogP contribution is -2.10. The Hall–Kier alpha value is -2.43. The van der Waals surface area contributed by atoms with Crippen LogP contribution in [0.25, 0.3) is 16.7 Å². The highest BCUT2D eigenvalue weighted by molar-refractivity contribution is 5.80. The van der Waals surface area contributed by atoms with Gasteiger partial charge < -0.3 is 5.32 Å². The average molecular weight is 267 g/mol. The molecule has 0 bridgehead atoms. The van der Waals surface area contributed by atoms with E-state index in [1.54, 1.807) is 0 Å². The molecule has 102 valence electrons. The van der Waals surface area contributed by atoms with Gasteiger partial charge in [0.05, 0.1) is 11.7 Å². The molecular weight excluding hydrogens is 250 g/mol. The molecule has 1 N–H and O–H groups in total. The minimum Gasteiger partial charge on any atom is -0.373 e. The highest BCUT2D eigenvalue weighted by Gasteiger charge is 2.13. The van der Waals surface area contributed by atoms with Gasteiger partial charge in [-0.25, -0.2) is 14.6 Å². The Labute approximate surface area is 117 Å². The minimum absolute atomic E-state index is 0.793. The molecule has 1 aromatic carbocycles. The van der Waals surface area contributed by atoms with Gasteiger partial charge in [-0.3, -0.25) is 0 Å². The molecule has 0 atom stereocenters. The number of hydrogen-bond donors (Lipinski definition) is 1. The summed E-state index contributed by atoms with van der Waals surface area (Å²) in [6.07, 6.45) is 2.66. The summed E-state index contributed by atoms with van der Waals surface area (Å²) < 4.78 is 1.88. The van der Waals surface area contributed by atoms with Gasteiger partial charge in [0.15, 0.2) is 5.82 Å². The van der Waals surface area contributed by atoms with E-state index < -0.39 is 0 Å². The van der Waals surface area contributed by atoms with Crippen molar-refractivity contribution in [3.8, 4) is 5.82 Å². The van der Waals surface area contributed by atoms with Crippen LogP contribution in [0.15, 0.2) is 30.5 Å². The molecule has 0 fully saturated rings. The van der Waals surface area contributed by atoms with Crippen molar-refractivity contribution in [2.45, 2.75) is 20.3 Å². The fourth-order valence-corrected chi connectivity index (χ4v) is 2.30. The summed E-state index contributed by atoms with van der Waals surface area (Å²) in [7, 11) is 1.87. The van der Waals surface area contributed by atoms with Gasteiger partial charge in [0.25, 0.3) is 0 Å². The first-order chi connectivity index (χ1) is 9.74. The van der Waals surface area contributed by atoms with Crippen LogP contribution in [0.4, 0.5) is 5.82 Å². The molecule has 0 amide bonds. The first-order valence-corrected chi connectivity index (χ1v) is 6.73. The standard InChI is InChI=1S/C15H17N5/c1-4-13-18-14(16-3)10(2)15(19-13)20-12-8-6-5-7-11(12)9-17-20/h5-9H,4H2,1-3H3,(H,16,18,19). The van der Waals surface area contributed by atoms with E-state index in [1.807, 2.05) is 37.0 Å². The Balaban J connectivity index is 2.28. The van der Waals surface area contributed by atoms with Gasteiger partial charge in [-0.15, -0.1) is 0 Å². The van der Waals surface area contributed by atoms with E-state index in [-0.39, 0.29) is 0 Å². The minimum atomic E-state index is 0.793. The maximum absolute atomic E-state index is 4.64. The number of aromatic nitrogens is 4. The summed E-state index contributed by atoms with van der Waals surface area (Å²) in [5, 5.41) is 8.71. The molecule has 0 radical (unpaired) electrons. The second-order valence-electron chi connectivity index (χ2n) is 4.66. The lowest BCUT2D eigenvalue weighted by Gasteiger charge is -2.12. The van der Waals surface area contributed by atoms with Crippen LogP contribution in [0.3, 0.4) is 0 Å². The zero-order chi connectivity index (χ0) is 14.1. The Kier molecular flexibility index (Phi) is 3.10. The molecule has 0 aliphatic carbocycles. The van der Waals surface area contributed by atoms with Gasteiger partial charge in [-0.05, 0) is 13.0 Å². The predicted molar refractivity (Wildman–Crippen MR) is 80.3 cm³/mol. The highest BCUT2D eigenvalue weighted by Crippen LogP contribution is 2.22. The molecular formula is C15H17N5. The molecule has 0 unspecified atom stereocenters. The number of aryl methyl sites for hydroxylation is 1. The van der Waals surface area contributed by atoms with Gasteiger partial charge >= 0.3 is 0 Å². The van der Waals surface area contributed by atoms with Gasteiger partial charge in [0.1, 0.15) is 11.6 Å². The number of rotatable bonds is 3. The SMILES string of the molecule is CCc1nc(NC)c(C)c(-n2ncc3ccccc32)n1. The first kappa shape index (κ1) is 12.6. The van der Waals surface area contributed by atoms with Crippen molar-refractivity contribution in [3.05, 3.63) is 41.9 Å². The van der Waals surface area contributed by atoms with Crippen LogP contribution in [0.5, 0.6) is 0 Å². The summed E-state index contributed by atoms with van der Waals surface area (Å²) in [5.41, 5.74) is 2.05. The fourth-order valence-electron chi connectivity index (χ4n) is 2.30. The Morgan fingerprint density at radius 2 is 2.00 bits per heavy atom. The second-order valence-corrected chi connectivity index (χ2v) is 4.66. The fraction of sp³-hybridized carbons (Fsp3) is 0.267. The summed E-state index contributed by atoms with van der Waals surface area (Å²) in [4.78, 5) is 9.14. The Morgan fingerprint density at radius 1 is 1.20 bits per heavy atom. The normalized spacial score (nSPS) is 10.9. The molecule has 5 heteroatoms. The van der Waals surface area contributed by atoms with E-state index in [9.17, 15) is 0 Å². The van der Waals surface area contributed by atoms with Crippen molar-refractivity contribution in [2.24, 2.45) is 0 Å². The van der Waals surface area contributed by atoms with E-state index in [1.165, 1.54) is 0 Å². The number of anilines is 1. The van der Waals surface area contributed by atoms with Gasteiger partial charge in [-0.1, -0.05) is 25.1 Å². The smallest absolute Gasteiger partial charge is 0.162 e. The van der Waals surface area contributed by atoms with E-state index in [0.717, 1.165) is 40.3 Å². The third kappa shape index (κ3) is 1.91. The predicted octanol–water partition coefficient (Wildman–Crippen LogP) is 2.73. The third-order valence-electron chi connectivity index (χ3n) is 3.40. The van der Waals surface area contributed by atoms with Gasteiger partial charge in [-0.2, -0.15) is 5.10 Å². The molecule has 0 saturated heterocycles. The van der Waals surface area contributed by atoms with Crippen LogP contribution >= 0.6 is 0 Å². The van der Waals surface area contributed by atoms with Crippen LogP contribution in [0, 0.1) is 6.92 Å². The lowest BCUT2D eigenvalue weighted by atomic mass is 10.2. The second kappa shape index (κ2) is 4.92. The summed E-state index contributed by atoms with van der Waals surface area (Å²) in [6.45, 7) is 4.06. The molecule has 0 aliphatic rings. The Morgan fingerprint density at radius 3 is 2.75 bits per heavy atom. The van der Waals surface area contributed by atoms with Crippen molar-refractivity contribution < 1.29 is 0 Å². The zero-order valence-corrected chi connectivity index (χ0v) is 11.9. The van der Waals surface area contributed by atoms with Crippen LogP contribution in [-0.4, -0.2) is 26.8 Å². The highest BCUT2D eigenvalue weighted by atomic mass is 15.3. The topological polar surface area (TPSA) is 55.6 Å². The quantitative estimate of drug-likeness (QED) is 0.792. The van der Waals surface area contributed by atoms with Crippen molar-refractivity contribution >= 4 is 16.7 Å². The van der Waals surface area contributed by atoms with E-state index >= 15 is 0 Å². The molecule has 3 aromatic rings. The number of nitrogens with zero attached hydrogens (tertiary/aromatic N) is 4. The van der Waals surface area contributed by atoms with E-state index in [0.29, 0.717) is 0 Å². The number of para-hydroxylation sites is 1. The molecule has 0 aliphatic heterocycles. The Bertz CT molecular complexity index is 760. The van der Waals surface area contributed by atoms with Crippen molar-refractivity contribution in [1.82, 2.24) is 19.7 Å². The molecule has 20 heavy (non-hydrogen) atoms. The first-order valence-electron chi connectivity index (χ1n) is 6.73. The van der Waals surface area contributed by atoms with Crippen LogP contribution in [0.1, 0.15) is 18.3 Å². The monoisotopic (exact) mass is 267 g/mol. The summed E-state index contributed by atoms with van der Waals surface area (Å²) in [5.74, 6) is 2.50. The van der Waals surface area contributed by atoms with Crippen molar-refractivity contribution in [3.63, 3.8) is 0 Å². The number of hydrogen-bond acceptors (Lipinski definition) is 4. The van der Waals surface area contributed by atoms with Crippen LogP contribution < -0.4 is 5.32 Å². The van der Waals surface area contributed by atoms with Gasteiger partial charge in [0, 0.05) is 24.4 Å². The summed E-state index contributed by atoms with van der Waals surface area (Å²) >= 11 is 0. The zero-order valence-electron chi connectivity index (χ0n) is 11.9. The van der Waals surface area contributed by atoms with E-state index in [4.69, 9.17) is 0 Å². The lowest BCUT2D eigenvalue weighted by molar-refractivity contribution is 0.823. The maximum Gasteiger partial charge on any atom is 0.162 e. The van der Waals surface area contributed by atoms with Crippen molar-refractivity contribution in [2.75, 3.05) is 12.4 Å². The van der Waals surface area contributed by atoms with Crippen LogP contribution in [0.2, 0.25) is 0 Å². The number of benzene rings is 1. The summed E-state index contributed by atoms with van der Waals surface area (Å²) in [6, 6.07) is 8.12. The molecule has 5 nitrogen and oxygen atoms in total. The number of nitrogens with one attached hydrogen (secondary N) is 1. The van der Waals surface area contributed by atoms with Crippen LogP contribution in [-0.2, 0) is 6.42 Å². The average Bonchev–Trinajstić information content (AvgIpc) is 2.91. The van der Waals surface area contributed by atoms with Crippen molar-refractivity contribution in [1.29, 1.82) is 0 Å². The maximum atomic E-state index is 4.64. The van der Waals surface area contributed by atoms with E-state index in [2.05, 4.69) is 39.4 Å².